The molecule has 0 fully saturated rings. The average Bonchev–Trinajstić information content (AvgIpc) is 2.68. The van der Waals surface area contributed by atoms with Crippen LogP contribution in [0.5, 0.6) is 0 Å². The van der Waals surface area contributed by atoms with E-state index in [2.05, 4.69) is 30.3 Å². The van der Waals surface area contributed by atoms with Crippen molar-refractivity contribution in [1.29, 1.82) is 0 Å². The van der Waals surface area contributed by atoms with Crippen molar-refractivity contribution in [2.24, 2.45) is 5.92 Å². The molecule has 0 bridgehead atoms. The van der Waals surface area contributed by atoms with Crippen molar-refractivity contribution < 1.29 is 5.11 Å². The predicted octanol–water partition coefficient (Wildman–Crippen LogP) is 2.86. The zero-order valence-corrected chi connectivity index (χ0v) is 8.32. The van der Waals surface area contributed by atoms with E-state index in [1.165, 1.54) is 17.6 Å². The van der Waals surface area contributed by atoms with Crippen LogP contribution in [0, 0.1) is 5.92 Å². The van der Waals surface area contributed by atoms with Crippen molar-refractivity contribution >= 4 is 5.57 Å². The Labute approximate surface area is 85.1 Å². The van der Waals surface area contributed by atoms with Gasteiger partial charge in [-0.3, -0.25) is 0 Å². The van der Waals surface area contributed by atoms with E-state index in [0.717, 1.165) is 12.8 Å². The average molecular weight is 188 g/mol. The zero-order chi connectivity index (χ0) is 9.80. The van der Waals surface area contributed by atoms with Gasteiger partial charge < -0.3 is 5.11 Å². The molecule has 1 atom stereocenters. The minimum atomic E-state index is 0.300. The van der Waals surface area contributed by atoms with E-state index < -0.39 is 0 Å². The molecule has 1 heteroatoms. The summed E-state index contributed by atoms with van der Waals surface area (Å²) in [6.07, 6.45) is 5.58. The molecule has 0 spiro atoms. The smallest absolute Gasteiger partial charge is 0.0436 e. The number of benzene rings is 1. The molecule has 1 aliphatic carbocycles. The monoisotopic (exact) mass is 188 g/mol. The molecule has 0 saturated carbocycles. The topological polar surface area (TPSA) is 20.2 Å². The molecule has 74 valence electrons. The highest BCUT2D eigenvalue weighted by Gasteiger charge is 2.19. The third-order valence-corrected chi connectivity index (χ3v) is 2.90. The van der Waals surface area contributed by atoms with Crippen LogP contribution < -0.4 is 0 Å². The fraction of sp³-hybridized carbons (Fsp3) is 0.385. The predicted molar refractivity (Wildman–Crippen MR) is 58.8 cm³/mol. The molecule has 1 N–H and O–H groups in total. The first-order chi connectivity index (χ1) is 6.92. The van der Waals surface area contributed by atoms with Crippen molar-refractivity contribution in [3.8, 4) is 0 Å². The molecule has 1 aliphatic rings. The Morgan fingerprint density at radius 3 is 2.71 bits per heavy atom. The standard InChI is InChI=1S/C13H16O/c14-10-9-12-7-4-8-13(12)11-5-2-1-3-6-11/h1-3,5-6,8,12,14H,4,7,9-10H2/t12-/m1/s1. The van der Waals surface area contributed by atoms with E-state index >= 15 is 0 Å². The van der Waals surface area contributed by atoms with Crippen molar-refractivity contribution in [1.82, 2.24) is 0 Å². The van der Waals surface area contributed by atoms with Gasteiger partial charge in [0, 0.05) is 6.61 Å². The van der Waals surface area contributed by atoms with E-state index in [4.69, 9.17) is 5.11 Å². The lowest BCUT2D eigenvalue weighted by Crippen LogP contribution is -2.01. The van der Waals surface area contributed by atoms with Gasteiger partial charge in [0.15, 0.2) is 0 Å². The van der Waals surface area contributed by atoms with E-state index in [-0.39, 0.29) is 0 Å². The van der Waals surface area contributed by atoms with Gasteiger partial charge in [0.25, 0.3) is 0 Å². The SMILES string of the molecule is OCC[C@H]1CCC=C1c1ccccc1. The second-order valence-corrected chi connectivity index (χ2v) is 3.81. The van der Waals surface area contributed by atoms with Gasteiger partial charge in [-0.15, -0.1) is 0 Å². The minimum absolute atomic E-state index is 0.300. The van der Waals surface area contributed by atoms with Gasteiger partial charge in [-0.1, -0.05) is 36.4 Å². The Morgan fingerprint density at radius 1 is 1.21 bits per heavy atom. The molecule has 14 heavy (non-hydrogen) atoms. The number of aliphatic hydroxyl groups is 1. The van der Waals surface area contributed by atoms with Crippen molar-refractivity contribution in [2.75, 3.05) is 6.61 Å². The summed E-state index contributed by atoms with van der Waals surface area (Å²) in [6, 6.07) is 10.5. The summed E-state index contributed by atoms with van der Waals surface area (Å²) >= 11 is 0. The van der Waals surface area contributed by atoms with Crippen LogP contribution in [0.4, 0.5) is 0 Å². The van der Waals surface area contributed by atoms with Crippen LogP contribution in [0.3, 0.4) is 0 Å². The quantitative estimate of drug-likeness (QED) is 0.773. The molecule has 0 unspecified atom stereocenters. The number of rotatable bonds is 3. The number of hydrogen-bond donors (Lipinski definition) is 1. The molecule has 0 amide bonds. The van der Waals surface area contributed by atoms with Gasteiger partial charge in [-0.25, -0.2) is 0 Å². The maximum absolute atomic E-state index is 8.96. The Morgan fingerprint density at radius 2 is 2.00 bits per heavy atom. The highest BCUT2D eigenvalue weighted by Crippen LogP contribution is 2.35. The lowest BCUT2D eigenvalue weighted by molar-refractivity contribution is 0.271. The number of hydrogen-bond acceptors (Lipinski definition) is 1. The molecule has 0 saturated heterocycles. The molecule has 0 aliphatic heterocycles. The fourth-order valence-corrected chi connectivity index (χ4v) is 2.20. The van der Waals surface area contributed by atoms with E-state index in [9.17, 15) is 0 Å². The van der Waals surface area contributed by atoms with E-state index in [0.29, 0.717) is 12.5 Å². The Kier molecular flexibility index (Phi) is 3.00. The summed E-state index contributed by atoms with van der Waals surface area (Å²) in [5, 5.41) is 8.96. The summed E-state index contributed by atoms with van der Waals surface area (Å²) < 4.78 is 0. The normalized spacial score (nSPS) is 20.9. The third kappa shape index (κ3) is 1.88. The van der Waals surface area contributed by atoms with Crippen LogP contribution in [0.1, 0.15) is 24.8 Å². The van der Waals surface area contributed by atoms with Gasteiger partial charge >= 0.3 is 0 Å². The van der Waals surface area contributed by atoms with Crippen molar-refractivity contribution in [2.45, 2.75) is 19.3 Å². The maximum atomic E-state index is 8.96. The summed E-state index contributed by atoms with van der Waals surface area (Å²) in [7, 11) is 0. The van der Waals surface area contributed by atoms with Crippen LogP contribution in [-0.2, 0) is 0 Å². The molecular formula is C13H16O. The van der Waals surface area contributed by atoms with Crippen LogP contribution in [0.2, 0.25) is 0 Å². The first-order valence-electron chi connectivity index (χ1n) is 5.28. The van der Waals surface area contributed by atoms with E-state index in [1.807, 2.05) is 6.07 Å². The summed E-state index contributed by atoms with van der Waals surface area (Å²) in [5.74, 6) is 0.572. The van der Waals surface area contributed by atoms with Crippen LogP contribution in [0.25, 0.3) is 5.57 Å². The Balaban J connectivity index is 2.18. The van der Waals surface area contributed by atoms with Gasteiger partial charge in [-0.2, -0.15) is 0 Å². The number of allylic oxidation sites excluding steroid dienone is 2. The van der Waals surface area contributed by atoms with Crippen LogP contribution in [-0.4, -0.2) is 11.7 Å². The molecule has 1 aromatic rings. The third-order valence-electron chi connectivity index (χ3n) is 2.90. The lowest BCUT2D eigenvalue weighted by Gasteiger charge is -2.13. The Hall–Kier alpha value is -1.08. The largest absolute Gasteiger partial charge is 0.396 e. The molecule has 0 radical (unpaired) electrons. The zero-order valence-electron chi connectivity index (χ0n) is 8.32. The van der Waals surface area contributed by atoms with Gasteiger partial charge in [0.1, 0.15) is 0 Å². The molecule has 1 aromatic carbocycles. The Bertz CT molecular complexity index is 313. The molecule has 0 aromatic heterocycles. The van der Waals surface area contributed by atoms with Crippen LogP contribution >= 0.6 is 0 Å². The lowest BCUT2D eigenvalue weighted by atomic mass is 9.93. The highest BCUT2D eigenvalue weighted by atomic mass is 16.3. The molecule has 2 rings (SSSR count). The fourth-order valence-electron chi connectivity index (χ4n) is 2.20. The van der Waals surface area contributed by atoms with Crippen molar-refractivity contribution in [3.63, 3.8) is 0 Å². The molecular weight excluding hydrogens is 172 g/mol. The van der Waals surface area contributed by atoms with Gasteiger partial charge in [-0.05, 0) is 36.3 Å². The van der Waals surface area contributed by atoms with Gasteiger partial charge in [0.2, 0.25) is 0 Å². The summed E-state index contributed by atoms with van der Waals surface area (Å²) in [6.45, 7) is 0.300. The minimum Gasteiger partial charge on any atom is -0.396 e. The van der Waals surface area contributed by atoms with Crippen molar-refractivity contribution in [3.05, 3.63) is 42.0 Å². The first-order valence-corrected chi connectivity index (χ1v) is 5.28. The molecule has 0 heterocycles. The van der Waals surface area contributed by atoms with Crippen LogP contribution in [0.15, 0.2) is 36.4 Å². The van der Waals surface area contributed by atoms with E-state index in [1.54, 1.807) is 0 Å². The first kappa shape index (κ1) is 9.47. The number of aliphatic hydroxyl groups excluding tert-OH is 1. The van der Waals surface area contributed by atoms with Gasteiger partial charge in [0.05, 0.1) is 0 Å². The second-order valence-electron chi connectivity index (χ2n) is 3.81. The summed E-state index contributed by atoms with van der Waals surface area (Å²) in [4.78, 5) is 0. The highest BCUT2D eigenvalue weighted by molar-refractivity contribution is 5.69. The maximum Gasteiger partial charge on any atom is 0.0436 e. The molecule has 1 nitrogen and oxygen atoms in total. The second kappa shape index (κ2) is 4.43. The summed E-state index contributed by atoms with van der Waals surface area (Å²) in [5.41, 5.74) is 2.75.